The molecule has 0 amide bonds. The van der Waals surface area contributed by atoms with Gasteiger partial charge in [0.05, 0.1) is 5.56 Å². The normalized spacial score (nSPS) is 13.8. The van der Waals surface area contributed by atoms with Crippen LogP contribution in [0.15, 0.2) is 24.3 Å². The predicted molar refractivity (Wildman–Crippen MR) is 56.7 cm³/mol. The van der Waals surface area contributed by atoms with Crippen LogP contribution in [0.4, 0.5) is 13.2 Å². The van der Waals surface area contributed by atoms with Crippen LogP contribution in [0.1, 0.15) is 30.0 Å². The third kappa shape index (κ3) is 3.21. The molecular formula is C11H15F3N2. The molecule has 1 aromatic rings. The molecule has 1 aromatic carbocycles. The van der Waals surface area contributed by atoms with Gasteiger partial charge in [-0.05, 0) is 31.0 Å². The van der Waals surface area contributed by atoms with Gasteiger partial charge in [0.2, 0.25) is 0 Å². The van der Waals surface area contributed by atoms with Crippen molar-refractivity contribution in [3.63, 3.8) is 0 Å². The fourth-order valence-electron chi connectivity index (χ4n) is 1.57. The Morgan fingerprint density at radius 2 is 1.81 bits per heavy atom. The van der Waals surface area contributed by atoms with E-state index in [0.29, 0.717) is 19.4 Å². The monoisotopic (exact) mass is 232 g/mol. The highest BCUT2D eigenvalue weighted by Crippen LogP contribution is 2.34. The summed E-state index contributed by atoms with van der Waals surface area (Å²) in [6, 6.07) is 4.79. The minimum atomic E-state index is -4.35. The Bertz CT molecular complexity index is 336. The smallest absolute Gasteiger partial charge is 0.330 e. The highest BCUT2D eigenvalue weighted by molar-refractivity contribution is 5.32. The van der Waals surface area contributed by atoms with Gasteiger partial charge in [0.1, 0.15) is 0 Å². The number of hydrogen-bond acceptors (Lipinski definition) is 2. The average Bonchev–Trinajstić information content (AvgIpc) is 2.24. The summed E-state index contributed by atoms with van der Waals surface area (Å²) in [5.74, 6) is 0. The highest BCUT2D eigenvalue weighted by atomic mass is 19.4. The summed E-state index contributed by atoms with van der Waals surface area (Å²) in [6.45, 7) is 0.432. The lowest BCUT2D eigenvalue weighted by Gasteiger charge is -2.17. The average molecular weight is 232 g/mol. The third-order valence-corrected chi connectivity index (χ3v) is 2.38. The number of halogens is 3. The van der Waals surface area contributed by atoms with E-state index in [1.165, 1.54) is 12.1 Å². The van der Waals surface area contributed by atoms with E-state index in [4.69, 9.17) is 11.5 Å². The van der Waals surface area contributed by atoms with E-state index >= 15 is 0 Å². The van der Waals surface area contributed by atoms with Crippen LogP contribution in [0.25, 0.3) is 0 Å². The molecule has 0 aromatic heterocycles. The van der Waals surface area contributed by atoms with Gasteiger partial charge < -0.3 is 11.5 Å². The van der Waals surface area contributed by atoms with Crippen molar-refractivity contribution in [1.29, 1.82) is 0 Å². The van der Waals surface area contributed by atoms with Crippen molar-refractivity contribution in [1.82, 2.24) is 0 Å². The quantitative estimate of drug-likeness (QED) is 0.837. The van der Waals surface area contributed by atoms with E-state index in [2.05, 4.69) is 0 Å². The van der Waals surface area contributed by atoms with Crippen molar-refractivity contribution >= 4 is 0 Å². The van der Waals surface area contributed by atoms with Gasteiger partial charge in [-0.3, -0.25) is 0 Å². The predicted octanol–water partition coefficient (Wildman–Crippen LogP) is 2.44. The highest BCUT2D eigenvalue weighted by Gasteiger charge is 2.34. The maximum atomic E-state index is 12.7. The molecule has 5 heteroatoms. The molecule has 1 rings (SSSR count). The number of nitrogens with two attached hydrogens (primary N) is 2. The maximum Gasteiger partial charge on any atom is 0.416 e. The number of benzene rings is 1. The first-order valence-electron chi connectivity index (χ1n) is 5.08. The zero-order valence-corrected chi connectivity index (χ0v) is 8.80. The molecule has 0 heterocycles. The molecule has 4 N–H and O–H groups in total. The SMILES string of the molecule is NCCC[C@@H](N)c1ccccc1C(F)(F)F. The van der Waals surface area contributed by atoms with Crippen LogP contribution in [0.5, 0.6) is 0 Å². The molecule has 90 valence electrons. The summed E-state index contributed by atoms with van der Waals surface area (Å²) in [5, 5.41) is 0. The minimum absolute atomic E-state index is 0.142. The molecule has 0 radical (unpaired) electrons. The number of rotatable bonds is 4. The Morgan fingerprint density at radius 1 is 1.19 bits per heavy atom. The zero-order chi connectivity index (χ0) is 12.2. The van der Waals surface area contributed by atoms with E-state index in [0.717, 1.165) is 6.07 Å². The largest absolute Gasteiger partial charge is 0.416 e. The standard InChI is InChI=1S/C11H15F3N2/c12-11(13,14)9-5-2-1-4-8(9)10(16)6-3-7-15/h1-2,4-5,10H,3,6-7,15-16H2/t10-/m1/s1. The van der Waals surface area contributed by atoms with E-state index in [-0.39, 0.29) is 5.56 Å². The van der Waals surface area contributed by atoms with Gasteiger partial charge in [0, 0.05) is 6.04 Å². The first-order chi connectivity index (χ1) is 7.46. The molecule has 0 spiro atoms. The van der Waals surface area contributed by atoms with Crippen LogP contribution in [-0.2, 0) is 6.18 Å². The lowest BCUT2D eigenvalue weighted by Crippen LogP contribution is -2.18. The van der Waals surface area contributed by atoms with Crippen molar-refractivity contribution < 1.29 is 13.2 Å². The second-order valence-electron chi connectivity index (χ2n) is 3.62. The Balaban J connectivity index is 2.94. The van der Waals surface area contributed by atoms with Gasteiger partial charge in [-0.1, -0.05) is 18.2 Å². The molecule has 0 saturated heterocycles. The molecule has 0 fully saturated rings. The van der Waals surface area contributed by atoms with Gasteiger partial charge in [0.25, 0.3) is 0 Å². The van der Waals surface area contributed by atoms with Crippen LogP contribution in [0.2, 0.25) is 0 Å². The molecule has 0 unspecified atom stereocenters. The minimum Gasteiger partial charge on any atom is -0.330 e. The van der Waals surface area contributed by atoms with Gasteiger partial charge in [-0.15, -0.1) is 0 Å². The topological polar surface area (TPSA) is 52.0 Å². The molecule has 0 aliphatic rings. The van der Waals surface area contributed by atoms with Crippen LogP contribution >= 0.6 is 0 Å². The second-order valence-corrected chi connectivity index (χ2v) is 3.62. The van der Waals surface area contributed by atoms with E-state index in [1.54, 1.807) is 6.07 Å². The Hall–Kier alpha value is -1.07. The van der Waals surface area contributed by atoms with Crippen LogP contribution in [0, 0.1) is 0 Å². The fourth-order valence-corrected chi connectivity index (χ4v) is 1.57. The van der Waals surface area contributed by atoms with Gasteiger partial charge in [0.15, 0.2) is 0 Å². The van der Waals surface area contributed by atoms with Gasteiger partial charge >= 0.3 is 6.18 Å². The summed E-state index contributed by atoms with van der Waals surface area (Å²) in [4.78, 5) is 0. The zero-order valence-electron chi connectivity index (χ0n) is 8.80. The lowest BCUT2D eigenvalue weighted by atomic mass is 9.97. The summed E-state index contributed by atoms with van der Waals surface area (Å²) in [5.41, 5.74) is 10.5. The molecule has 0 aliphatic heterocycles. The van der Waals surface area contributed by atoms with E-state index in [9.17, 15) is 13.2 Å². The van der Waals surface area contributed by atoms with Crippen LogP contribution in [-0.4, -0.2) is 6.54 Å². The molecule has 0 aliphatic carbocycles. The number of hydrogen-bond donors (Lipinski definition) is 2. The second kappa shape index (κ2) is 5.32. The van der Waals surface area contributed by atoms with Gasteiger partial charge in [-0.25, -0.2) is 0 Å². The van der Waals surface area contributed by atoms with Crippen molar-refractivity contribution in [2.75, 3.05) is 6.54 Å². The summed E-state index contributed by atoms with van der Waals surface area (Å²) in [7, 11) is 0. The van der Waals surface area contributed by atoms with Crippen molar-refractivity contribution in [3.8, 4) is 0 Å². The summed E-state index contributed by atoms with van der Waals surface area (Å²) < 4.78 is 38.0. The van der Waals surface area contributed by atoms with Gasteiger partial charge in [-0.2, -0.15) is 13.2 Å². The maximum absolute atomic E-state index is 12.7. The van der Waals surface area contributed by atoms with E-state index < -0.39 is 17.8 Å². The molecule has 2 nitrogen and oxygen atoms in total. The van der Waals surface area contributed by atoms with Crippen molar-refractivity contribution in [3.05, 3.63) is 35.4 Å². The van der Waals surface area contributed by atoms with Crippen LogP contribution < -0.4 is 11.5 Å². The van der Waals surface area contributed by atoms with Crippen molar-refractivity contribution in [2.45, 2.75) is 25.1 Å². The molecule has 16 heavy (non-hydrogen) atoms. The molecule has 0 saturated carbocycles. The Labute approximate surface area is 92.4 Å². The molecule has 1 atom stereocenters. The summed E-state index contributed by atoms with van der Waals surface area (Å²) in [6.07, 6.45) is -3.27. The number of alkyl halides is 3. The molecule has 0 bridgehead atoms. The summed E-state index contributed by atoms with van der Waals surface area (Å²) >= 11 is 0. The third-order valence-electron chi connectivity index (χ3n) is 2.38. The first kappa shape index (κ1) is 13.0. The Morgan fingerprint density at radius 3 is 2.38 bits per heavy atom. The molecular weight excluding hydrogens is 217 g/mol. The Kier molecular flexibility index (Phi) is 4.32. The van der Waals surface area contributed by atoms with Crippen molar-refractivity contribution in [2.24, 2.45) is 11.5 Å². The van der Waals surface area contributed by atoms with Crippen LogP contribution in [0.3, 0.4) is 0 Å². The fraction of sp³-hybridized carbons (Fsp3) is 0.455. The lowest BCUT2D eigenvalue weighted by molar-refractivity contribution is -0.138. The first-order valence-corrected chi connectivity index (χ1v) is 5.08. The van der Waals surface area contributed by atoms with E-state index in [1.807, 2.05) is 0 Å².